The predicted octanol–water partition coefficient (Wildman–Crippen LogP) is 6.69. The number of ether oxygens (including phenoxy) is 1. The lowest BCUT2D eigenvalue weighted by molar-refractivity contribution is -0.120. The van der Waals surface area contributed by atoms with Gasteiger partial charge in [-0.05, 0) is 50.5 Å². The van der Waals surface area contributed by atoms with Crippen LogP contribution in [0.1, 0.15) is 58.9 Å². The van der Waals surface area contributed by atoms with E-state index in [-0.39, 0.29) is 11.8 Å². The Morgan fingerprint density at radius 3 is 2.38 bits per heavy atom. The third-order valence-corrected chi connectivity index (χ3v) is 6.35. The Morgan fingerprint density at radius 1 is 1.00 bits per heavy atom. The van der Waals surface area contributed by atoms with Gasteiger partial charge in [-0.25, -0.2) is 4.79 Å². The third kappa shape index (κ3) is 5.99. The zero-order valence-corrected chi connectivity index (χ0v) is 20.8. The van der Waals surface area contributed by atoms with E-state index in [1.807, 2.05) is 57.3 Å². The van der Waals surface area contributed by atoms with E-state index in [4.69, 9.17) is 4.74 Å². The average molecular weight is 464 g/mol. The highest BCUT2D eigenvalue weighted by atomic mass is 16.6. The third-order valence-electron chi connectivity index (χ3n) is 6.35. The summed E-state index contributed by atoms with van der Waals surface area (Å²) < 4.78 is 7.93. The van der Waals surface area contributed by atoms with Gasteiger partial charge in [-0.15, -0.1) is 0 Å². The van der Waals surface area contributed by atoms with Gasteiger partial charge in [0.2, 0.25) is 5.91 Å². The van der Waals surface area contributed by atoms with Crippen LogP contribution in [0.15, 0.2) is 54.7 Å². The van der Waals surface area contributed by atoms with Crippen LogP contribution in [0, 0.1) is 5.92 Å². The van der Waals surface area contributed by atoms with Gasteiger partial charge in [-0.3, -0.25) is 4.79 Å². The van der Waals surface area contributed by atoms with Crippen molar-refractivity contribution in [2.75, 3.05) is 18.4 Å². The second-order valence-electron chi connectivity index (χ2n) is 8.58. The molecule has 0 aliphatic heterocycles. The molecule has 1 aromatic heterocycles. The first-order valence-corrected chi connectivity index (χ1v) is 12.5. The van der Waals surface area contributed by atoms with Crippen LogP contribution in [0.4, 0.5) is 10.5 Å². The Kier molecular flexibility index (Phi) is 9.14. The van der Waals surface area contributed by atoms with Crippen LogP contribution in [-0.4, -0.2) is 34.6 Å². The molecule has 3 aromatic rings. The smallest absolute Gasteiger partial charge is 0.408 e. The molecule has 3 rings (SSSR count). The van der Waals surface area contributed by atoms with E-state index in [1.54, 1.807) is 11.0 Å². The minimum atomic E-state index is -0.415. The van der Waals surface area contributed by atoms with Gasteiger partial charge in [0.05, 0.1) is 11.2 Å². The van der Waals surface area contributed by atoms with Crippen LogP contribution < -0.4 is 10.1 Å². The van der Waals surface area contributed by atoms with Crippen molar-refractivity contribution < 1.29 is 14.3 Å². The molecular weight excluding hydrogens is 426 g/mol. The van der Waals surface area contributed by atoms with Crippen molar-refractivity contribution in [1.82, 2.24) is 9.47 Å². The Bertz CT molecular complexity index is 1090. The van der Waals surface area contributed by atoms with Gasteiger partial charge < -0.3 is 19.5 Å². The quantitative estimate of drug-likeness (QED) is 0.345. The van der Waals surface area contributed by atoms with E-state index in [0.717, 1.165) is 36.6 Å². The van der Waals surface area contributed by atoms with Crippen molar-refractivity contribution in [3.63, 3.8) is 0 Å². The highest BCUT2D eigenvalue weighted by Crippen LogP contribution is 2.35. The van der Waals surface area contributed by atoms with E-state index < -0.39 is 6.09 Å². The number of benzene rings is 2. The minimum Gasteiger partial charge on any atom is -0.408 e. The van der Waals surface area contributed by atoms with Crippen molar-refractivity contribution in [3.05, 3.63) is 60.3 Å². The molecule has 0 aliphatic carbocycles. The number of aromatic nitrogens is 1. The SMILES string of the molecule is CCCC[C@H](CC)C(=O)Nc1c(OC(=O)N(CC)CC)ccc2c1ccn2Cc1ccccc1. The molecule has 1 atom stereocenters. The molecule has 0 radical (unpaired) electrons. The second kappa shape index (κ2) is 12.3. The summed E-state index contributed by atoms with van der Waals surface area (Å²) in [6.07, 6.45) is 5.27. The zero-order chi connectivity index (χ0) is 24.5. The van der Waals surface area contributed by atoms with Gasteiger partial charge in [-0.1, -0.05) is 57.0 Å². The Labute approximate surface area is 202 Å². The first-order valence-electron chi connectivity index (χ1n) is 12.5. The standard InChI is InChI=1S/C28H37N3O3/c1-5-9-15-22(6-2)27(32)29-26-23-18-19-31(20-21-13-11-10-12-14-21)24(23)16-17-25(26)34-28(33)30(7-3)8-4/h10-14,16-19,22H,5-9,15,20H2,1-4H3,(H,29,32)/t22-/m0/s1. The Morgan fingerprint density at radius 2 is 1.74 bits per heavy atom. The lowest BCUT2D eigenvalue weighted by Crippen LogP contribution is -2.33. The molecule has 0 unspecified atom stereocenters. The topological polar surface area (TPSA) is 63.6 Å². The summed E-state index contributed by atoms with van der Waals surface area (Å²) in [6.45, 7) is 9.83. The fourth-order valence-electron chi connectivity index (χ4n) is 4.22. The molecule has 0 fully saturated rings. The highest BCUT2D eigenvalue weighted by molar-refractivity contribution is 6.05. The number of hydrogen-bond donors (Lipinski definition) is 1. The van der Waals surface area contributed by atoms with E-state index in [0.29, 0.717) is 31.1 Å². The van der Waals surface area contributed by atoms with Crippen molar-refractivity contribution in [2.45, 2.75) is 59.9 Å². The summed E-state index contributed by atoms with van der Waals surface area (Å²) in [6, 6.07) is 16.0. The lowest BCUT2D eigenvalue weighted by Gasteiger charge is -2.21. The van der Waals surface area contributed by atoms with Crippen LogP contribution in [0.3, 0.4) is 0 Å². The molecule has 34 heavy (non-hydrogen) atoms. The maximum atomic E-state index is 13.2. The summed E-state index contributed by atoms with van der Waals surface area (Å²) >= 11 is 0. The maximum Gasteiger partial charge on any atom is 0.415 e. The number of hydrogen-bond acceptors (Lipinski definition) is 3. The van der Waals surface area contributed by atoms with Crippen molar-refractivity contribution in [2.24, 2.45) is 5.92 Å². The molecule has 1 N–H and O–H groups in total. The zero-order valence-electron chi connectivity index (χ0n) is 20.8. The van der Waals surface area contributed by atoms with Crippen LogP contribution in [0.2, 0.25) is 0 Å². The molecule has 1 heterocycles. The number of nitrogens with one attached hydrogen (secondary N) is 1. The molecule has 0 bridgehead atoms. The number of carbonyl (C=O) groups is 2. The Balaban J connectivity index is 1.99. The monoisotopic (exact) mass is 463 g/mol. The number of amides is 2. The fraction of sp³-hybridized carbons (Fsp3) is 0.429. The molecule has 2 aromatic carbocycles. The molecule has 6 nitrogen and oxygen atoms in total. The summed E-state index contributed by atoms with van der Waals surface area (Å²) in [5, 5.41) is 3.98. The van der Waals surface area contributed by atoms with Crippen LogP contribution >= 0.6 is 0 Å². The normalized spacial score (nSPS) is 11.9. The minimum absolute atomic E-state index is 0.0283. The van der Waals surface area contributed by atoms with E-state index in [1.165, 1.54) is 5.56 Å². The summed E-state index contributed by atoms with van der Waals surface area (Å²) in [7, 11) is 0. The van der Waals surface area contributed by atoms with Gasteiger partial charge in [-0.2, -0.15) is 0 Å². The molecule has 0 spiro atoms. The predicted molar refractivity (Wildman–Crippen MR) is 138 cm³/mol. The molecular formula is C28H37N3O3. The van der Waals surface area contributed by atoms with Crippen molar-refractivity contribution >= 4 is 28.6 Å². The van der Waals surface area contributed by atoms with E-state index in [9.17, 15) is 9.59 Å². The van der Waals surface area contributed by atoms with Crippen molar-refractivity contribution in [3.8, 4) is 5.75 Å². The Hall–Kier alpha value is -3.28. The first kappa shape index (κ1) is 25.3. The van der Waals surface area contributed by atoms with Gasteiger partial charge >= 0.3 is 6.09 Å². The second-order valence-corrected chi connectivity index (χ2v) is 8.58. The number of carbonyl (C=O) groups excluding carboxylic acids is 2. The maximum absolute atomic E-state index is 13.2. The number of rotatable bonds is 11. The lowest BCUT2D eigenvalue weighted by atomic mass is 9.98. The van der Waals surface area contributed by atoms with Crippen LogP contribution in [0.5, 0.6) is 5.75 Å². The number of unbranched alkanes of at least 4 members (excludes halogenated alkanes) is 1. The molecule has 0 saturated carbocycles. The van der Waals surface area contributed by atoms with Crippen LogP contribution in [0.25, 0.3) is 10.9 Å². The van der Waals surface area contributed by atoms with Crippen molar-refractivity contribution in [1.29, 1.82) is 0 Å². The van der Waals surface area contributed by atoms with Gasteiger partial charge in [0.25, 0.3) is 0 Å². The van der Waals surface area contributed by atoms with Gasteiger partial charge in [0.1, 0.15) is 0 Å². The number of nitrogens with zero attached hydrogens (tertiary/aromatic N) is 2. The molecule has 2 amide bonds. The largest absolute Gasteiger partial charge is 0.415 e. The number of anilines is 1. The van der Waals surface area contributed by atoms with E-state index in [2.05, 4.69) is 28.9 Å². The molecule has 6 heteroatoms. The van der Waals surface area contributed by atoms with Gasteiger partial charge in [0.15, 0.2) is 5.75 Å². The molecule has 0 aliphatic rings. The average Bonchev–Trinajstić information content (AvgIpc) is 3.25. The number of fused-ring (bicyclic) bond motifs is 1. The summed E-state index contributed by atoms with van der Waals surface area (Å²) in [4.78, 5) is 27.5. The van der Waals surface area contributed by atoms with Crippen LogP contribution in [-0.2, 0) is 11.3 Å². The van der Waals surface area contributed by atoms with Gasteiger partial charge in [0, 0.05) is 37.1 Å². The summed E-state index contributed by atoms with van der Waals surface area (Å²) in [5.41, 5.74) is 2.72. The summed E-state index contributed by atoms with van der Waals surface area (Å²) in [5.74, 6) is 0.271. The first-order chi connectivity index (χ1) is 16.5. The highest BCUT2D eigenvalue weighted by Gasteiger charge is 2.22. The molecule has 182 valence electrons. The fourth-order valence-corrected chi connectivity index (χ4v) is 4.22. The molecule has 0 saturated heterocycles. The van der Waals surface area contributed by atoms with E-state index >= 15 is 0 Å².